The van der Waals surface area contributed by atoms with Crippen LogP contribution in [0.4, 0.5) is 0 Å². The molecule has 0 radical (unpaired) electrons. The maximum atomic E-state index is 11.0. The van der Waals surface area contributed by atoms with Crippen LogP contribution in [0.5, 0.6) is 11.5 Å². The molecule has 32 heavy (non-hydrogen) atoms. The molecule has 0 saturated carbocycles. The highest BCUT2D eigenvalue weighted by atomic mass is 35.5. The van der Waals surface area contributed by atoms with Crippen LogP contribution in [0, 0.1) is 0 Å². The van der Waals surface area contributed by atoms with Gasteiger partial charge < -0.3 is 19.9 Å². The number of aliphatic hydroxyl groups is 1. The van der Waals surface area contributed by atoms with E-state index in [2.05, 4.69) is 30.1 Å². The molecule has 0 aliphatic carbocycles. The molecule has 0 amide bonds. The highest BCUT2D eigenvalue weighted by molar-refractivity contribution is 6.32. The summed E-state index contributed by atoms with van der Waals surface area (Å²) in [5.41, 5.74) is 5.31. The first-order valence-corrected chi connectivity index (χ1v) is 11.6. The zero-order valence-corrected chi connectivity index (χ0v) is 19.5. The van der Waals surface area contributed by atoms with E-state index < -0.39 is 6.10 Å². The van der Waals surface area contributed by atoms with Gasteiger partial charge in [-0.05, 0) is 31.9 Å². The number of nitrogens with one attached hydrogen (secondary N) is 1. The van der Waals surface area contributed by atoms with E-state index in [9.17, 15) is 5.11 Å². The SMILES string of the molecule is CC/C=C(/NC1=C(C)CCN(CC(O)c2cccc3c2OCCO3)C1)c1ccccc1Cl. The highest BCUT2D eigenvalue weighted by Crippen LogP contribution is 2.37. The van der Waals surface area contributed by atoms with Crippen LogP contribution < -0.4 is 14.8 Å². The summed E-state index contributed by atoms with van der Waals surface area (Å²) in [7, 11) is 0. The van der Waals surface area contributed by atoms with Gasteiger partial charge in [-0.3, -0.25) is 4.90 Å². The van der Waals surface area contributed by atoms with Crippen molar-refractivity contribution in [3.05, 3.63) is 76.0 Å². The van der Waals surface area contributed by atoms with E-state index in [1.54, 1.807) is 0 Å². The molecule has 0 bridgehead atoms. The Hall–Kier alpha value is -2.47. The lowest BCUT2D eigenvalue weighted by Crippen LogP contribution is -2.38. The molecular formula is C26H31ClN2O3. The van der Waals surface area contributed by atoms with Gasteiger partial charge >= 0.3 is 0 Å². The van der Waals surface area contributed by atoms with Crippen molar-refractivity contribution in [2.75, 3.05) is 32.8 Å². The average Bonchev–Trinajstić information content (AvgIpc) is 2.81. The molecule has 0 spiro atoms. The molecule has 1 unspecified atom stereocenters. The number of halogens is 1. The predicted molar refractivity (Wildman–Crippen MR) is 129 cm³/mol. The summed E-state index contributed by atoms with van der Waals surface area (Å²) in [5.74, 6) is 1.37. The largest absolute Gasteiger partial charge is 0.486 e. The standard InChI is InChI=1S/C26H31ClN2O3/c1-3-7-22(19-8-4-5-10-21(19)27)28-23-16-29(13-12-18(23)2)17-24(30)20-9-6-11-25-26(20)32-15-14-31-25/h4-11,24,28,30H,3,12-17H2,1-2H3/b22-7+. The van der Waals surface area contributed by atoms with Crippen molar-refractivity contribution < 1.29 is 14.6 Å². The number of benzene rings is 2. The molecule has 6 heteroatoms. The van der Waals surface area contributed by atoms with Crippen molar-refractivity contribution in [2.24, 2.45) is 0 Å². The Morgan fingerprint density at radius 2 is 2.00 bits per heavy atom. The number of hydrogen-bond donors (Lipinski definition) is 2. The number of ether oxygens (including phenoxy) is 2. The van der Waals surface area contributed by atoms with Crippen LogP contribution in [0.1, 0.15) is 43.9 Å². The van der Waals surface area contributed by atoms with Crippen molar-refractivity contribution >= 4 is 17.3 Å². The van der Waals surface area contributed by atoms with Gasteiger partial charge in [-0.15, -0.1) is 0 Å². The molecule has 2 N–H and O–H groups in total. The lowest BCUT2D eigenvalue weighted by Gasteiger charge is -2.33. The van der Waals surface area contributed by atoms with Crippen LogP contribution in [0.2, 0.25) is 5.02 Å². The molecule has 5 nitrogen and oxygen atoms in total. The lowest BCUT2D eigenvalue weighted by molar-refractivity contribution is 0.106. The normalized spacial score (nSPS) is 17.9. The fraction of sp³-hybridized carbons (Fsp3) is 0.385. The minimum Gasteiger partial charge on any atom is -0.486 e. The molecule has 4 rings (SSSR count). The third-order valence-electron chi connectivity index (χ3n) is 5.94. The van der Waals surface area contributed by atoms with E-state index in [4.69, 9.17) is 21.1 Å². The summed E-state index contributed by atoms with van der Waals surface area (Å²) < 4.78 is 11.5. The Morgan fingerprint density at radius 3 is 2.81 bits per heavy atom. The minimum absolute atomic E-state index is 0.505. The second kappa shape index (κ2) is 10.4. The van der Waals surface area contributed by atoms with E-state index in [1.807, 2.05) is 42.5 Å². The molecule has 2 heterocycles. The summed E-state index contributed by atoms with van der Waals surface area (Å²) in [6, 6.07) is 13.6. The quantitative estimate of drug-likeness (QED) is 0.604. The summed E-state index contributed by atoms with van der Waals surface area (Å²) in [5, 5.41) is 15.4. The first-order valence-electron chi connectivity index (χ1n) is 11.3. The van der Waals surface area contributed by atoms with E-state index in [0.717, 1.165) is 53.5 Å². The topological polar surface area (TPSA) is 54.0 Å². The number of hydrogen-bond acceptors (Lipinski definition) is 5. The van der Waals surface area contributed by atoms with E-state index >= 15 is 0 Å². The average molecular weight is 455 g/mol. The minimum atomic E-state index is -0.652. The maximum absolute atomic E-state index is 11.0. The fourth-order valence-corrected chi connectivity index (χ4v) is 4.43. The number of β-amino-alcohol motifs (C(OH)–C–C–N with tert-alkyl or cyclic N) is 1. The van der Waals surface area contributed by atoms with Gasteiger partial charge in [-0.2, -0.15) is 0 Å². The Bertz CT molecular complexity index is 1020. The second-order valence-corrected chi connectivity index (χ2v) is 8.67. The Balaban J connectivity index is 1.48. The third kappa shape index (κ3) is 5.12. The van der Waals surface area contributed by atoms with Gasteiger partial charge in [0.05, 0.1) is 6.10 Å². The van der Waals surface area contributed by atoms with Gasteiger partial charge in [-0.1, -0.05) is 60.5 Å². The summed E-state index contributed by atoms with van der Waals surface area (Å²) >= 11 is 6.47. The van der Waals surface area contributed by atoms with Gasteiger partial charge in [0.15, 0.2) is 11.5 Å². The van der Waals surface area contributed by atoms with Crippen molar-refractivity contribution in [1.82, 2.24) is 10.2 Å². The molecule has 170 valence electrons. The van der Waals surface area contributed by atoms with E-state index in [-0.39, 0.29) is 0 Å². The van der Waals surface area contributed by atoms with Gasteiger partial charge in [0, 0.05) is 47.2 Å². The Morgan fingerprint density at radius 1 is 1.19 bits per heavy atom. The van der Waals surface area contributed by atoms with Gasteiger partial charge in [0.1, 0.15) is 13.2 Å². The van der Waals surface area contributed by atoms with Crippen molar-refractivity contribution in [2.45, 2.75) is 32.8 Å². The molecule has 1 atom stereocenters. The number of fused-ring (bicyclic) bond motifs is 1. The van der Waals surface area contributed by atoms with Crippen molar-refractivity contribution in [3.8, 4) is 11.5 Å². The molecule has 0 fully saturated rings. The number of nitrogens with zero attached hydrogens (tertiary/aromatic N) is 1. The molecule has 2 aromatic rings. The lowest BCUT2D eigenvalue weighted by atomic mass is 10.0. The molecular weight excluding hydrogens is 424 g/mol. The number of allylic oxidation sites excluding steroid dienone is 1. The van der Waals surface area contributed by atoms with Crippen LogP contribution >= 0.6 is 11.6 Å². The van der Waals surface area contributed by atoms with Gasteiger partial charge in [0.25, 0.3) is 0 Å². The third-order valence-corrected chi connectivity index (χ3v) is 6.27. The second-order valence-electron chi connectivity index (χ2n) is 8.26. The zero-order chi connectivity index (χ0) is 22.5. The van der Waals surface area contributed by atoms with Crippen molar-refractivity contribution in [3.63, 3.8) is 0 Å². The molecule has 2 aromatic carbocycles. The summed E-state index contributed by atoms with van der Waals surface area (Å²) in [4.78, 5) is 2.28. The molecule has 0 saturated heterocycles. The van der Waals surface area contributed by atoms with Crippen LogP contribution in [0.25, 0.3) is 5.70 Å². The van der Waals surface area contributed by atoms with E-state index in [1.165, 1.54) is 5.57 Å². The molecule has 0 aromatic heterocycles. The molecule has 2 aliphatic rings. The number of aliphatic hydroxyl groups excluding tert-OH is 1. The number of rotatable bonds is 7. The highest BCUT2D eigenvalue weighted by Gasteiger charge is 2.25. The maximum Gasteiger partial charge on any atom is 0.167 e. The first-order chi connectivity index (χ1) is 15.6. The van der Waals surface area contributed by atoms with Crippen molar-refractivity contribution in [1.29, 1.82) is 0 Å². The van der Waals surface area contributed by atoms with Crippen LogP contribution in [-0.4, -0.2) is 42.9 Å². The monoisotopic (exact) mass is 454 g/mol. The van der Waals surface area contributed by atoms with Gasteiger partial charge in [-0.25, -0.2) is 0 Å². The van der Waals surface area contributed by atoms with Crippen LogP contribution in [0.15, 0.2) is 59.8 Å². The summed E-state index contributed by atoms with van der Waals surface area (Å²) in [6.07, 6.45) is 3.37. The van der Waals surface area contributed by atoms with E-state index in [0.29, 0.717) is 31.3 Å². The zero-order valence-electron chi connectivity index (χ0n) is 18.7. The Labute approximate surface area is 195 Å². The predicted octanol–water partition coefficient (Wildman–Crippen LogP) is 5.17. The first kappa shape index (κ1) is 22.7. The van der Waals surface area contributed by atoms with Crippen LogP contribution in [-0.2, 0) is 0 Å². The van der Waals surface area contributed by atoms with Gasteiger partial charge in [0.2, 0.25) is 0 Å². The smallest absolute Gasteiger partial charge is 0.167 e. The fourth-order valence-electron chi connectivity index (χ4n) is 4.19. The Kier molecular flexibility index (Phi) is 7.40. The van der Waals surface area contributed by atoms with Crippen LogP contribution in [0.3, 0.4) is 0 Å². The summed E-state index contributed by atoms with van der Waals surface area (Å²) in [6.45, 7) is 7.50. The molecule has 2 aliphatic heterocycles. The number of para-hydroxylation sites is 1.